The molecule has 0 aliphatic carbocycles. The lowest BCUT2D eigenvalue weighted by molar-refractivity contribution is -0.118. The quantitative estimate of drug-likeness (QED) is 0.164. The van der Waals surface area contributed by atoms with Gasteiger partial charge in [0, 0.05) is 18.7 Å². The topological polar surface area (TPSA) is 32.8 Å². The van der Waals surface area contributed by atoms with Gasteiger partial charge in [-0.05, 0) is 37.8 Å². The van der Waals surface area contributed by atoms with Crippen LogP contribution in [0.1, 0.15) is 117 Å². The highest BCUT2D eigenvalue weighted by Gasteiger charge is 2.36. The van der Waals surface area contributed by atoms with Crippen molar-refractivity contribution in [3.8, 4) is 0 Å². The van der Waals surface area contributed by atoms with Crippen LogP contribution in [0.2, 0.25) is 0 Å². The lowest BCUT2D eigenvalue weighted by Crippen LogP contribution is -2.31. The molecule has 3 nitrogen and oxygen atoms in total. The fourth-order valence-corrected chi connectivity index (χ4v) is 4.49. The first-order valence-electron chi connectivity index (χ1n) is 13.3. The molecule has 1 amide bonds. The maximum Gasteiger partial charge on any atom is 0.226 e. The Balaban J connectivity index is 1.45. The van der Waals surface area contributed by atoms with Crippen molar-refractivity contribution in [2.45, 2.75) is 129 Å². The van der Waals surface area contributed by atoms with Gasteiger partial charge in [-0.3, -0.25) is 4.79 Å². The third-order valence-electron chi connectivity index (χ3n) is 6.48. The first kappa shape index (κ1) is 25.9. The second-order valence-corrected chi connectivity index (χ2v) is 9.31. The standard InChI is InChI=1S/C28H47NO2/c1-3-5-6-7-10-16-22-26-27(31-26)23-17-11-8-9-12-18-24-29(28(30)19-4-2)25-20-14-13-15-21-25/h13-15,20-21,26-27H,3-12,16-19,22-24H2,1-2H3. The van der Waals surface area contributed by atoms with E-state index in [1.54, 1.807) is 0 Å². The molecule has 31 heavy (non-hydrogen) atoms. The van der Waals surface area contributed by atoms with Crippen LogP contribution in [-0.4, -0.2) is 24.7 Å². The fourth-order valence-electron chi connectivity index (χ4n) is 4.49. The first-order valence-corrected chi connectivity index (χ1v) is 13.3. The van der Waals surface area contributed by atoms with Gasteiger partial charge in [-0.25, -0.2) is 0 Å². The van der Waals surface area contributed by atoms with E-state index in [9.17, 15) is 4.79 Å². The normalized spacial score (nSPS) is 17.6. The minimum absolute atomic E-state index is 0.258. The van der Waals surface area contributed by atoms with Crippen molar-refractivity contribution in [3.05, 3.63) is 30.3 Å². The molecule has 176 valence electrons. The van der Waals surface area contributed by atoms with E-state index in [0.717, 1.165) is 25.1 Å². The van der Waals surface area contributed by atoms with Crippen LogP contribution in [0, 0.1) is 0 Å². The maximum absolute atomic E-state index is 12.5. The Morgan fingerprint density at radius 3 is 1.87 bits per heavy atom. The average Bonchev–Trinajstić information content (AvgIpc) is 3.54. The van der Waals surface area contributed by atoms with Crippen LogP contribution in [0.3, 0.4) is 0 Å². The second-order valence-electron chi connectivity index (χ2n) is 9.31. The Bertz CT molecular complexity index is 574. The number of para-hydroxylation sites is 1. The second kappa shape index (κ2) is 16.3. The summed E-state index contributed by atoms with van der Waals surface area (Å²) in [5.74, 6) is 0.258. The zero-order chi connectivity index (χ0) is 22.2. The lowest BCUT2D eigenvalue weighted by Gasteiger charge is -2.22. The molecular weight excluding hydrogens is 382 g/mol. The van der Waals surface area contributed by atoms with Gasteiger partial charge in [0.2, 0.25) is 5.91 Å². The smallest absolute Gasteiger partial charge is 0.226 e. The summed E-state index contributed by atoms with van der Waals surface area (Å²) in [5, 5.41) is 0. The van der Waals surface area contributed by atoms with E-state index in [0.29, 0.717) is 18.6 Å². The summed E-state index contributed by atoms with van der Waals surface area (Å²) in [6.45, 7) is 5.20. The monoisotopic (exact) mass is 429 g/mol. The molecule has 1 heterocycles. The lowest BCUT2D eigenvalue weighted by atomic mass is 10.0. The van der Waals surface area contributed by atoms with E-state index in [-0.39, 0.29) is 5.91 Å². The van der Waals surface area contributed by atoms with Gasteiger partial charge in [0.05, 0.1) is 12.2 Å². The summed E-state index contributed by atoms with van der Waals surface area (Å²) in [6.07, 6.45) is 21.0. The number of ether oxygens (including phenoxy) is 1. The van der Waals surface area contributed by atoms with Gasteiger partial charge >= 0.3 is 0 Å². The Labute approximate surface area is 191 Å². The van der Waals surface area contributed by atoms with Crippen molar-refractivity contribution in [3.63, 3.8) is 0 Å². The van der Waals surface area contributed by atoms with Gasteiger partial charge in [0.25, 0.3) is 0 Å². The molecule has 1 aromatic rings. The number of carbonyl (C=O) groups excluding carboxylic acids is 1. The molecule has 3 heteroatoms. The van der Waals surface area contributed by atoms with E-state index in [2.05, 4.69) is 13.8 Å². The highest BCUT2D eigenvalue weighted by atomic mass is 16.6. The maximum atomic E-state index is 12.5. The molecule has 0 aromatic heterocycles. The fraction of sp³-hybridized carbons (Fsp3) is 0.750. The van der Waals surface area contributed by atoms with E-state index < -0.39 is 0 Å². The molecule has 0 saturated carbocycles. The predicted octanol–water partition coefficient (Wildman–Crippen LogP) is 8.07. The van der Waals surface area contributed by atoms with Crippen molar-refractivity contribution >= 4 is 11.6 Å². The van der Waals surface area contributed by atoms with Crippen LogP contribution in [-0.2, 0) is 9.53 Å². The SMILES string of the molecule is CCCCCCCCC1OC1CCCCCCCCN(C(=O)CCC)c1ccccc1. The van der Waals surface area contributed by atoms with Gasteiger partial charge < -0.3 is 9.64 Å². The summed E-state index contributed by atoms with van der Waals surface area (Å²) >= 11 is 0. The number of hydrogen-bond donors (Lipinski definition) is 0. The molecule has 0 spiro atoms. The Morgan fingerprint density at radius 1 is 0.742 bits per heavy atom. The van der Waals surface area contributed by atoms with Crippen molar-refractivity contribution < 1.29 is 9.53 Å². The zero-order valence-electron chi connectivity index (χ0n) is 20.3. The van der Waals surface area contributed by atoms with Gasteiger partial charge in [0.1, 0.15) is 0 Å². The van der Waals surface area contributed by atoms with Crippen molar-refractivity contribution in [2.75, 3.05) is 11.4 Å². The van der Waals surface area contributed by atoms with Crippen LogP contribution < -0.4 is 4.90 Å². The van der Waals surface area contributed by atoms with Crippen molar-refractivity contribution in [1.29, 1.82) is 0 Å². The predicted molar refractivity (Wildman–Crippen MR) is 133 cm³/mol. The van der Waals surface area contributed by atoms with E-state index in [4.69, 9.17) is 4.74 Å². The van der Waals surface area contributed by atoms with E-state index in [1.165, 1.54) is 83.5 Å². The number of rotatable bonds is 19. The summed E-state index contributed by atoms with van der Waals surface area (Å²) in [5.41, 5.74) is 1.04. The molecule has 1 aliphatic rings. The molecule has 1 aromatic carbocycles. The van der Waals surface area contributed by atoms with Crippen LogP contribution in [0.15, 0.2) is 30.3 Å². The molecule has 1 aliphatic heterocycles. The summed E-state index contributed by atoms with van der Waals surface area (Å²) in [6, 6.07) is 10.1. The number of unbranched alkanes of at least 4 members (excludes halogenated alkanes) is 10. The van der Waals surface area contributed by atoms with Crippen molar-refractivity contribution in [2.24, 2.45) is 0 Å². The number of benzene rings is 1. The van der Waals surface area contributed by atoms with Crippen molar-refractivity contribution in [1.82, 2.24) is 0 Å². The largest absolute Gasteiger partial charge is 0.370 e. The van der Waals surface area contributed by atoms with Crippen LogP contribution in [0.25, 0.3) is 0 Å². The molecule has 0 bridgehead atoms. The zero-order valence-corrected chi connectivity index (χ0v) is 20.3. The molecule has 2 unspecified atom stereocenters. The minimum atomic E-state index is 0.258. The molecule has 2 rings (SSSR count). The number of amides is 1. The molecular formula is C28H47NO2. The Kier molecular flexibility index (Phi) is 13.6. The number of hydrogen-bond acceptors (Lipinski definition) is 2. The number of anilines is 1. The van der Waals surface area contributed by atoms with Gasteiger partial charge in [-0.15, -0.1) is 0 Å². The molecule has 2 atom stereocenters. The molecule has 1 saturated heterocycles. The summed E-state index contributed by atoms with van der Waals surface area (Å²) < 4.78 is 5.86. The van der Waals surface area contributed by atoms with Crippen LogP contribution >= 0.6 is 0 Å². The first-order chi connectivity index (χ1) is 15.3. The number of carbonyl (C=O) groups is 1. The average molecular weight is 430 g/mol. The van der Waals surface area contributed by atoms with E-state index >= 15 is 0 Å². The highest BCUT2D eigenvalue weighted by Crippen LogP contribution is 2.31. The van der Waals surface area contributed by atoms with Gasteiger partial charge in [-0.1, -0.05) is 103 Å². The summed E-state index contributed by atoms with van der Waals surface area (Å²) in [4.78, 5) is 14.5. The van der Waals surface area contributed by atoms with Crippen LogP contribution in [0.5, 0.6) is 0 Å². The summed E-state index contributed by atoms with van der Waals surface area (Å²) in [7, 11) is 0. The number of epoxide rings is 1. The molecule has 0 N–H and O–H groups in total. The minimum Gasteiger partial charge on any atom is -0.370 e. The number of nitrogens with zero attached hydrogens (tertiary/aromatic N) is 1. The van der Waals surface area contributed by atoms with Crippen LogP contribution in [0.4, 0.5) is 5.69 Å². The van der Waals surface area contributed by atoms with Gasteiger partial charge in [-0.2, -0.15) is 0 Å². The Hall–Kier alpha value is -1.35. The third-order valence-corrected chi connectivity index (χ3v) is 6.48. The third kappa shape index (κ3) is 11.2. The molecule has 0 radical (unpaired) electrons. The molecule has 1 fully saturated rings. The van der Waals surface area contributed by atoms with Gasteiger partial charge in [0.15, 0.2) is 0 Å². The highest BCUT2D eigenvalue weighted by molar-refractivity contribution is 5.93. The van der Waals surface area contributed by atoms with E-state index in [1.807, 2.05) is 35.2 Å². The Morgan fingerprint density at radius 2 is 1.29 bits per heavy atom.